The van der Waals surface area contributed by atoms with Crippen molar-refractivity contribution in [1.29, 1.82) is 0 Å². The van der Waals surface area contributed by atoms with Crippen molar-refractivity contribution in [3.63, 3.8) is 0 Å². The summed E-state index contributed by atoms with van der Waals surface area (Å²) >= 11 is 0. The standard InChI is InChI=1S/C34H40N4O3/c1-34(2,3)30-22-17-27(18-23-30)24-41-31-10-6-5-9-28(31)19-14-25(8-4-7-11-32(39)40)12-13-26-15-20-29(21-16-26)33-35-37-38-36-33/h5-6,9-10,14-23,25H,4,7-8,11-13,24H2,1-3H3,(H,39,40)(H,35,36,37,38)/b19-14+. The molecule has 41 heavy (non-hydrogen) atoms. The van der Waals surface area contributed by atoms with Crippen molar-refractivity contribution in [2.45, 2.75) is 71.3 Å². The Morgan fingerprint density at radius 3 is 2.37 bits per heavy atom. The van der Waals surface area contributed by atoms with E-state index < -0.39 is 5.97 Å². The molecule has 0 aliphatic rings. The van der Waals surface area contributed by atoms with Crippen LogP contribution in [-0.2, 0) is 23.2 Å². The van der Waals surface area contributed by atoms with Gasteiger partial charge in [0, 0.05) is 17.5 Å². The summed E-state index contributed by atoms with van der Waals surface area (Å²) < 4.78 is 6.24. The summed E-state index contributed by atoms with van der Waals surface area (Å²) in [4.78, 5) is 11.0. The number of carboxylic acids is 1. The normalized spacial score (nSPS) is 12.5. The quantitative estimate of drug-likeness (QED) is 0.156. The van der Waals surface area contributed by atoms with Crippen molar-refractivity contribution < 1.29 is 14.6 Å². The molecule has 0 aliphatic heterocycles. The van der Waals surface area contributed by atoms with Gasteiger partial charge in [-0.2, -0.15) is 0 Å². The van der Waals surface area contributed by atoms with E-state index in [-0.39, 0.29) is 11.8 Å². The van der Waals surface area contributed by atoms with E-state index in [2.05, 4.69) is 96.0 Å². The first-order valence-electron chi connectivity index (χ1n) is 14.3. The second-order valence-corrected chi connectivity index (χ2v) is 11.5. The summed E-state index contributed by atoms with van der Waals surface area (Å²) in [6, 6.07) is 25.0. The zero-order chi connectivity index (χ0) is 29.1. The molecule has 1 aromatic heterocycles. The molecule has 0 bridgehead atoms. The Hall–Kier alpha value is -4.26. The fraction of sp³-hybridized carbons (Fsp3) is 0.353. The molecule has 0 amide bonds. The molecule has 214 valence electrons. The van der Waals surface area contributed by atoms with E-state index in [1.54, 1.807) is 0 Å². The number of hydrogen-bond acceptors (Lipinski definition) is 5. The topological polar surface area (TPSA) is 101 Å². The molecule has 7 heteroatoms. The molecule has 1 unspecified atom stereocenters. The maximum atomic E-state index is 11.0. The molecule has 1 atom stereocenters. The molecule has 2 N–H and O–H groups in total. The SMILES string of the molecule is CC(C)(C)c1ccc(COc2ccccc2/C=C/C(CCCCC(=O)O)CCc2ccc(-c3nnn[nH]3)cc2)cc1. The number of aryl methyl sites for hydroxylation is 1. The van der Waals surface area contributed by atoms with Gasteiger partial charge in [-0.25, -0.2) is 5.10 Å². The Morgan fingerprint density at radius 1 is 0.951 bits per heavy atom. The summed E-state index contributed by atoms with van der Waals surface area (Å²) in [5, 5.41) is 23.1. The van der Waals surface area contributed by atoms with Crippen LogP contribution in [0.5, 0.6) is 5.75 Å². The van der Waals surface area contributed by atoms with E-state index in [4.69, 9.17) is 9.84 Å². The number of benzene rings is 3. The lowest BCUT2D eigenvalue weighted by Gasteiger charge is -2.19. The maximum Gasteiger partial charge on any atom is 0.303 e. The van der Waals surface area contributed by atoms with E-state index in [0.29, 0.717) is 24.8 Å². The minimum absolute atomic E-state index is 0.125. The van der Waals surface area contributed by atoms with Gasteiger partial charge < -0.3 is 9.84 Å². The molecule has 7 nitrogen and oxygen atoms in total. The number of tetrazole rings is 1. The fourth-order valence-electron chi connectivity index (χ4n) is 4.73. The van der Waals surface area contributed by atoms with Gasteiger partial charge in [0.1, 0.15) is 12.4 Å². The highest BCUT2D eigenvalue weighted by Gasteiger charge is 2.13. The van der Waals surface area contributed by atoms with Crippen molar-refractivity contribution in [3.05, 3.63) is 101 Å². The fourth-order valence-corrected chi connectivity index (χ4v) is 4.73. The van der Waals surface area contributed by atoms with Crippen molar-refractivity contribution in [1.82, 2.24) is 20.6 Å². The summed E-state index contributed by atoms with van der Waals surface area (Å²) in [7, 11) is 0. The number of hydrogen-bond donors (Lipinski definition) is 2. The highest BCUT2D eigenvalue weighted by Crippen LogP contribution is 2.26. The number of carboxylic acid groups (broad SMARTS) is 1. The van der Waals surface area contributed by atoms with Crippen LogP contribution in [0, 0.1) is 5.92 Å². The number of carbonyl (C=O) groups is 1. The van der Waals surface area contributed by atoms with Crippen molar-refractivity contribution >= 4 is 12.0 Å². The molecule has 0 radical (unpaired) electrons. The van der Waals surface area contributed by atoms with Gasteiger partial charge >= 0.3 is 5.97 Å². The molecule has 0 spiro atoms. The summed E-state index contributed by atoms with van der Waals surface area (Å²) in [6.45, 7) is 7.16. The van der Waals surface area contributed by atoms with Crippen LogP contribution in [-0.4, -0.2) is 31.7 Å². The van der Waals surface area contributed by atoms with E-state index in [1.165, 1.54) is 11.1 Å². The number of H-pyrrole nitrogens is 1. The van der Waals surface area contributed by atoms with Crippen LogP contribution in [0.1, 0.15) is 75.1 Å². The van der Waals surface area contributed by atoms with Gasteiger partial charge in [0.15, 0.2) is 5.82 Å². The molecule has 4 rings (SSSR count). The Balaban J connectivity index is 1.40. The van der Waals surface area contributed by atoms with E-state index in [9.17, 15) is 4.79 Å². The van der Waals surface area contributed by atoms with Gasteiger partial charge in [-0.1, -0.05) is 106 Å². The zero-order valence-corrected chi connectivity index (χ0v) is 24.2. The Bertz CT molecular complexity index is 1390. The molecular formula is C34H40N4O3. The van der Waals surface area contributed by atoms with E-state index in [1.807, 2.05) is 30.3 Å². The lowest BCUT2D eigenvalue weighted by Crippen LogP contribution is -2.10. The number of allylic oxidation sites excluding steroid dienone is 1. The van der Waals surface area contributed by atoms with Gasteiger partial charge in [-0.05, 0) is 70.2 Å². The number of aromatic amines is 1. The van der Waals surface area contributed by atoms with Crippen LogP contribution < -0.4 is 4.74 Å². The third-order valence-corrected chi connectivity index (χ3v) is 7.27. The molecule has 4 aromatic rings. The predicted octanol–water partition coefficient (Wildman–Crippen LogP) is 7.65. The first-order valence-corrected chi connectivity index (χ1v) is 14.3. The molecule has 0 saturated carbocycles. The van der Waals surface area contributed by atoms with Gasteiger partial charge in [0.05, 0.1) is 0 Å². The molecule has 3 aromatic carbocycles. The minimum atomic E-state index is -0.738. The van der Waals surface area contributed by atoms with Crippen LogP contribution in [0.15, 0.2) is 78.9 Å². The smallest absolute Gasteiger partial charge is 0.303 e. The number of nitrogens with one attached hydrogen (secondary N) is 1. The largest absolute Gasteiger partial charge is 0.488 e. The first-order chi connectivity index (χ1) is 19.8. The number of unbranched alkanes of at least 4 members (excludes halogenated alkanes) is 1. The third-order valence-electron chi connectivity index (χ3n) is 7.27. The van der Waals surface area contributed by atoms with Crippen molar-refractivity contribution in [2.75, 3.05) is 0 Å². The van der Waals surface area contributed by atoms with Crippen LogP contribution >= 0.6 is 0 Å². The molecule has 0 saturated heterocycles. The van der Waals surface area contributed by atoms with Crippen LogP contribution in [0.2, 0.25) is 0 Å². The summed E-state index contributed by atoms with van der Waals surface area (Å²) in [5.74, 6) is 1.09. The zero-order valence-electron chi connectivity index (χ0n) is 24.2. The lowest BCUT2D eigenvalue weighted by molar-refractivity contribution is -0.137. The van der Waals surface area contributed by atoms with Crippen molar-refractivity contribution in [2.24, 2.45) is 5.92 Å². The second-order valence-electron chi connectivity index (χ2n) is 11.5. The van der Waals surface area contributed by atoms with E-state index >= 15 is 0 Å². The average Bonchev–Trinajstić information content (AvgIpc) is 3.51. The van der Waals surface area contributed by atoms with Gasteiger partial charge in [-0.15, -0.1) is 5.10 Å². The molecular weight excluding hydrogens is 512 g/mol. The Kier molecular flexibility index (Phi) is 10.4. The van der Waals surface area contributed by atoms with Gasteiger partial charge in [-0.3, -0.25) is 4.79 Å². The lowest BCUT2D eigenvalue weighted by atomic mass is 9.87. The summed E-state index contributed by atoms with van der Waals surface area (Å²) in [5.41, 5.74) is 5.80. The number of para-hydroxylation sites is 1. The first kappa shape index (κ1) is 29.7. The average molecular weight is 553 g/mol. The minimum Gasteiger partial charge on any atom is -0.488 e. The molecule has 0 aliphatic carbocycles. The van der Waals surface area contributed by atoms with Crippen LogP contribution in [0.4, 0.5) is 0 Å². The number of aromatic nitrogens is 4. The molecule has 0 fully saturated rings. The van der Waals surface area contributed by atoms with Gasteiger partial charge in [0.2, 0.25) is 0 Å². The predicted molar refractivity (Wildman–Crippen MR) is 162 cm³/mol. The highest BCUT2D eigenvalue weighted by atomic mass is 16.5. The van der Waals surface area contributed by atoms with Crippen LogP contribution in [0.3, 0.4) is 0 Å². The Morgan fingerprint density at radius 2 is 1.68 bits per heavy atom. The van der Waals surface area contributed by atoms with Gasteiger partial charge in [0.25, 0.3) is 0 Å². The number of aliphatic carboxylic acids is 1. The number of rotatable bonds is 14. The molecule has 1 heterocycles. The maximum absolute atomic E-state index is 11.0. The number of nitrogens with zero attached hydrogens (tertiary/aromatic N) is 3. The number of ether oxygens (including phenoxy) is 1. The van der Waals surface area contributed by atoms with Crippen LogP contribution in [0.25, 0.3) is 17.5 Å². The summed E-state index contributed by atoms with van der Waals surface area (Å²) in [6.07, 6.45) is 9.02. The Labute approximate surface area is 242 Å². The van der Waals surface area contributed by atoms with Crippen molar-refractivity contribution in [3.8, 4) is 17.1 Å². The second kappa shape index (κ2) is 14.4. The highest BCUT2D eigenvalue weighted by molar-refractivity contribution is 5.66. The third kappa shape index (κ3) is 9.41. The monoisotopic (exact) mass is 552 g/mol. The van der Waals surface area contributed by atoms with E-state index in [0.717, 1.165) is 48.1 Å².